The molecule has 1 heterocycles. The Morgan fingerprint density at radius 2 is 1.52 bits per heavy atom. The molecule has 2 N–H and O–H groups in total. The highest BCUT2D eigenvalue weighted by molar-refractivity contribution is 7.99. The van der Waals surface area contributed by atoms with E-state index >= 15 is 0 Å². The summed E-state index contributed by atoms with van der Waals surface area (Å²) in [6.45, 7) is 0. The third-order valence-electron chi connectivity index (χ3n) is 5.90. The summed E-state index contributed by atoms with van der Waals surface area (Å²) in [7, 11) is 5.16. The Bertz CT molecular complexity index is 443. The molecule has 0 spiro atoms. The monoisotopic (exact) mass is 442 g/mol. The Balaban J connectivity index is 1.47. The number of ether oxygens (including phenoxy) is 4. The molecule has 1 aliphatic heterocycles. The summed E-state index contributed by atoms with van der Waals surface area (Å²) in [5.41, 5.74) is 6.51. The lowest BCUT2D eigenvalue weighted by Crippen LogP contribution is -2.51. The number of hydrazine groups is 1. The number of alkyl halides is 2. The van der Waals surface area contributed by atoms with E-state index in [4.69, 9.17) is 42.1 Å². The number of methoxy groups -OCH3 is 3. The van der Waals surface area contributed by atoms with Crippen LogP contribution in [-0.4, -0.2) is 67.9 Å². The number of thioether (sulfide) groups is 1. The minimum atomic E-state index is -0.0679. The first-order valence-electron chi connectivity index (χ1n) is 9.68. The SMILES string of the molecule is COC1CC(C2NNC(SCC3CC(Cl)CC(Cl)C3)O2)CC(OC)C1OC. The maximum absolute atomic E-state index is 6.32. The highest BCUT2D eigenvalue weighted by Gasteiger charge is 2.43. The lowest BCUT2D eigenvalue weighted by Gasteiger charge is -2.41. The molecule has 6 unspecified atom stereocenters. The minimum absolute atomic E-state index is 0.000601. The average Bonchev–Trinajstić information content (AvgIpc) is 3.13. The van der Waals surface area contributed by atoms with Crippen LogP contribution < -0.4 is 10.9 Å². The van der Waals surface area contributed by atoms with Crippen LogP contribution in [0, 0.1) is 11.8 Å². The maximum atomic E-state index is 6.32. The van der Waals surface area contributed by atoms with Crippen LogP contribution in [0.4, 0.5) is 0 Å². The fraction of sp³-hybridized carbons (Fsp3) is 1.00. The molecule has 27 heavy (non-hydrogen) atoms. The van der Waals surface area contributed by atoms with E-state index in [0.29, 0.717) is 11.8 Å². The van der Waals surface area contributed by atoms with Crippen molar-refractivity contribution in [1.29, 1.82) is 0 Å². The molecular weight excluding hydrogens is 411 g/mol. The Labute approximate surface area is 176 Å². The normalized spacial score (nSPS) is 45.9. The molecule has 2 aliphatic carbocycles. The van der Waals surface area contributed by atoms with Crippen molar-refractivity contribution in [3.05, 3.63) is 0 Å². The summed E-state index contributed by atoms with van der Waals surface area (Å²) >= 11 is 14.4. The second-order valence-electron chi connectivity index (χ2n) is 7.76. The lowest BCUT2D eigenvalue weighted by molar-refractivity contribution is -0.154. The van der Waals surface area contributed by atoms with Gasteiger partial charge in [-0.3, -0.25) is 0 Å². The zero-order chi connectivity index (χ0) is 19.4. The number of nitrogens with one attached hydrogen (secondary N) is 2. The first-order chi connectivity index (χ1) is 13.0. The van der Waals surface area contributed by atoms with Crippen molar-refractivity contribution in [3.8, 4) is 0 Å². The van der Waals surface area contributed by atoms with Gasteiger partial charge in [-0.05, 0) is 38.0 Å². The van der Waals surface area contributed by atoms with Gasteiger partial charge < -0.3 is 18.9 Å². The Hall–Kier alpha value is 0.690. The van der Waals surface area contributed by atoms with E-state index in [9.17, 15) is 0 Å². The van der Waals surface area contributed by atoms with E-state index < -0.39 is 0 Å². The van der Waals surface area contributed by atoms with Crippen molar-refractivity contribution in [1.82, 2.24) is 10.9 Å². The van der Waals surface area contributed by atoms with Gasteiger partial charge in [0, 0.05) is 43.8 Å². The van der Waals surface area contributed by atoms with Crippen LogP contribution in [0.5, 0.6) is 0 Å². The molecule has 158 valence electrons. The van der Waals surface area contributed by atoms with Gasteiger partial charge in [-0.1, -0.05) is 0 Å². The van der Waals surface area contributed by atoms with E-state index in [0.717, 1.165) is 37.9 Å². The fourth-order valence-corrected chi connectivity index (χ4v) is 6.62. The summed E-state index contributed by atoms with van der Waals surface area (Å²) in [4.78, 5) is 0. The first-order valence-corrected chi connectivity index (χ1v) is 11.6. The minimum Gasteiger partial charge on any atom is -0.379 e. The molecule has 3 rings (SSSR count). The fourth-order valence-electron chi connectivity index (χ4n) is 4.52. The van der Waals surface area contributed by atoms with Gasteiger partial charge in [0.15, 0.2) is 5.56 Å². The molecule has 3 fully saturated rings. The van der Waals surface area contributed by atoms with Crippen LogP contribution in [0.25, 0.3) is 0 Å². The Kier molecular flexibility index (Phi) is 8.82. The molecular formula is C18H32Cl2N2O4S. The van der Waals surface area contributed by atoms with Crippen molar-refractivity contribution < 1.29 is 18.9 Å². The molecule has 0 radical (unpaired) electrons. The first kappa shape index (κ1) is 22.4. The van der Waals surface area contributed by atoms with Crippen LogP contribution in [0.1, 0.15) is 32.1 Å². The average molecular weight is 443 g/mol. The largest absolute Gasteiger partial charge is 0.379 e. The van der Waals surface area contributed by atoms with E-state index in [2.05, 4.69) is 10.9 Å². The van der Waals surface area contributed by atoms with Gasteiger partial charge in [-0.25, -0.2) is 10.9 Å². The second-order valence-corrected chi connectivity index (χ2v) is 10.1. The second kappa shape index (κ2) is 10.6. The quantitative estimate of drug-likeness (QED) is 0.587. The maximum Gasteiger partial charge on any atom is 0.170 e. The third kappa shape index (κ3) is 5.86. The van der Waals surface area contributed by atoms with E-state index in [1.54, 1.807) is 33.1 Å². The van der Waals surface area contributed by atoms with Gasteiger partial charge >= 0.3 is 0 Å². The molecule has 6 atom stereocenters. The highest BCUT2D eigenvalue weighted by Crippen LogP contribution is 2.37. The molecule has 0 bridgehead atoms. The predicted molar refractivity (Wildman–Crippen MR) is 109 cm³/mol. The van der Waals surface area contributed by atoms with Crippen LogP contribution in [0.2, 0.25) is 0 Å². The van der Waals surface area contributed by atoms with Crippen molar-refractivity contribution in [2.24, 2.45) is 11.8 Å². The summed E-state index contributed by atoms with van der Waals surface area (Å²) < 4.78 is 23.1. The van der Waals surface area contributed by atoms with Crippen molar-refractivity contribution in [3.63, 3.8) is 0 Å². The lowest BCUT2D eigenvalue weighted by atomic mass is 9.82. The number of rotatable bonds is 7. The number of halogens is 2. The number of hydrogen-bond acceptors (Lipinski definition) is 7. The van der Waals surface area contributed by atoms with Gasteiger partial charge in [-0.2, -0.15) is 0 Å². The van der Waals surface area contributed by atoms with Crippen LogP contribution in [0.15, 0.2) is 0 Å². The highest BCUT2D eigenvalue weighted by atomic mass is 35.5. The van der Waals surface area contributed by atoms with Crippen LogP contribution in [0.3, 0.4) is 0 Å². The van der Waals surface area contributed by atoms with Gasteiger partial charge in [0.25, 0.3) is 0 Å². The predicted octanol–water partition coefficient (Wildman–Crippen LogP) is 2.92. The Morgan fingerprint density at radius 3 is 2.07 bits per heavy atom. The smallest absolute Gasteiger partial charge is 0.170 e. The molecule has 9 heteroatoms. The van der Waals surface area contributed by atoms with Gasteiger partial charge in [0.1, 0.15) is 12.3 Å². The van der Waals surface area contributed by atoms with E-state index in [-0.39, 0.29) is 40.9 Å². The van der Waals surface area contributed by atoms with Crippen molar-refractivity contribution >= 4 is 35.0 Å². The third-order valence-corrected chi connectivity index (χ3v) is 7.80. The Morgan fingerprint density at radius 1 is 0.889 bits per heavy atom. The molecule has 0 aromatic carbocycles. The molecule has 6 nitrogen and oxygen atoms in total. The standard InChI is InChI=1S/C18H32Cl2N2O4S/c1-23-14-6-11(7-15(24-2)16(14)25-3)17-21-22-18(26-17)27-9-10-4-12(19)8-13(20)5-10/h10-18,21-22H,4-9H2,1-3H3. The number of hydrogen-bond donors (Lipinski definition) is 2. The zero-order valence-electron chi connectivity index (χ0n) is 16.2. The van der Waals surface area contributed by atoms with Gasteiger partial charge in [0.2, 0.25) is 0 Å². The topological polar surface area (TPSA) is 61.0 Å². The van der Waals surface area contributed by atoms with Crippen molar-refractivity contribution in [2.75, 3.05) is 27.1 Å². The molecule has 0 amide bonds. The van der Waals surface area contributed by atoms with Crippen LogP contribution >= 0.6 is 35.0 Å². The van der Waals surface area contributed by atoms with Crippen molar-refractivity contribution in [2.45, 2.75) is 73.0 Å². The van der Waals surface area contributed by atoms with Crippen LogP contribution in [-0.2, 0) is 18.9 Å². The van der Waals surface area contributed by atoms with E-state index in [1.165, 1.54) is 0 Å². The molecule has 1 saturated heterocycles. The summed E-state index contributed by atoms with van der Waals surface area (Å²) in [5.74, 6) is 1.83. The summed E-state index contributed by atoms with van der Waals surface area (Å²) in [6.07, 6.45) is 4.61. The van der Waals surface area contributed by atoms with Gasteiger partial charge in [0.05, 0.1) is 12.2 Å². The van der Waals surface area contributed by atoms with Gasteiger partial charge in [-0.15, -0.1) is 35.0 Å². The molecule has 3 aliphatic rings. The zero-order valence-corrected chi connectivity index (χ0v) is 18.6. The molecule has 2 saturated carbocycles. The molecule has 0 aromatic heterocycles. The summed E-state index contributed by atoms with van der Waals surface area (Å²) in [5, 5.41) is 0.395. The molecule has 0 aromatic rings. The van der Waals surface area contributed by atoms with E-state index in [1.807, 2.05) is 0 Å². The summed E-state index contributed by atoms with van der Waals surface area (Å²) in [6, 6.07) is 0.